The molecule has 0 aromatic carbocycles. The van der Waals surface area contributed by atoms with Crippen molar-refractivity contribution in [2.24, 2.45) is 0 Å². The molecular formula is C14H21N3S. The van der Waals surface area contributed by atoms with Gasteiger partial charge < -0.3 is 5.32 Å². The van der Waals surface area contributed by atoms with E-state index in [0.29, 0.717) is 10.9 Å². The van der Waals surface area contributed by atoms with Crippen LogP contribution in [0.25, 0.3) is 0 Å². The summed E-state index contributed by atoms with van der Waals surface area (Å²) in [5.74, 6) is 0. The van der Waals surface area contributed by atoms with Crippen molar-refractivity contribution in [2.75, 3.05) is 7.05 Å². The van der Waals surface area contributed by atoms with E-state index in [1.807, 2.05) is 26.1 Å². The summed E-state index contributed by atoms with van der Waals surface area (Å²) in [6, 6.07) is 5.94. The van der Waals surface area contributed by atoms with Crippen LogP contribution in [0, 0.1) is 18.3 Å². The zero-order valence-corrected chi connectivity index (χ0v) is 12.2. The highest BCUT2D eigenvalue weighted by molar-refractivity contribution is 7.99. The van der Waals surface area contributed by atoms with Crippen molar-refractivity contribution in [1.29, 1.82) is 5.26 Å². The highest BCUT2D eigenvalue weighted by Gasteiger charge is 2.12. The third-order valence-corrected chi connectivity index (χ3v) is 4.06. The molecule has 98 valence electrons. The van der Waals surface area contributed by atoms with Gasteiger partial charge in [-0.2, -0.15) is 5.26 Å². The second-order valence-corrected chi connectivity index (χ2v) is 5.50. The number of aromatic nitrogens is 1. The van der Waals surface area contributed by atoms with Crippen molar-refractivity contribution < 1.29 is 0 Å². The number of nitriles is 1. The zero-order chi connectivity index (χ0) is 13.4. The van der Waals surface area contributed by atoms with Crippen LogP contribution in [0.5, 0.6) is 0 Å². The molecule has 0 radical (unpaired) electrons. The topological polar surface area (TPSA) is 48.7 Å². The number of rotatable bonds is 7. The lowest BCUT2D eigenvalue weighted by molar-refractivity contribution is 0.604. The van der Waals surface area contributed by atoms with Crippen LogP contribution in [0.1, 0.15) is 43.9 Å². The standard InChI is InChI=1S/C14H21N3S/c1-4-5-6-7-13(16-3)18-14-12(10-15)9-8-11(2)17-14/h8-9,13,16H,4-7H2,1-3H3. The summed E-state index contributed by atoms with van der Waals surface area (Å²) >= 11 is 1.66. The second-order valence-electron chi connectivity index (χ2n) is 4.31. The molecule has 0 fully saturated rings. The quantitative estimate of drug-likeness (QED) is 0.465. The summed E-state index contributed by atoms with van der Waals surface area (Å²) in [5, 5.41) is 13.6. The minimum atomic E-state index is 0.331. The first-order valence-corrected chi connectivity index (χ1v) is 7.31. The van der Waals surface area contributed by atoms with Crippen molar-refractivity contribution in [3.05, 3.63) is 23.4 Å². The predicted octanol–water partition coefficient (Wildman–Crippen LogP) is 3.48. The van der Waals surface area contributed by atoms with E-state index in [1.54, 1.807) is 11.8 Å². The van der Waals surface area contributed by atoms with Gasteiger partial charge in [0.2, 0.25) is 0 Å². The minimum Gasteiger partial charge on any atom is -0.308 e. The fourth-order valence-corrected chi connectivity index (χ4v) is 2.79. The number of hydrogen-bond acceptors (Lipinski definition) is 4. The summed E-state index contributed by atoms with van der Waals surface area (Å²) in [6.45, 7) is 4.16. The molecule has 0 aliphatic heterocycles. The number of unbranched alkanes of at least 4 members (excludes halogenated alkanes) is 2. The van der Waals surface area contributed by atoms with Crippen molar-refractivity contribution in [1.82, 2.24) is 10.3 Å². The van der Waals surface area contributed by atoms with Gasteiger partial charge in [0, 0.05) is 5.69 Å². The van der Waals surface area contributed by atoms with Gasteiger partial charge >= 0.3 is 0 Å². The minimum absolute atomic E-state index is 0.331. The SMILES string of the molecule is CCCCCC(NC)Sc1nc(C)ccc1C#N. The highest BCUT2D eigenvalue weighted by atomic mass is 32.2. The number of nitrogens with one attached hydrogen (secondary N) is 1. The van der Waals surface area contributed by atoms with E-state index >= 15 is 0 Å². The molecule has 4 heteroatoms. The Morgan fingerprint density at radius 1 is 1.44 bits per heavy atom. The van der Waals surface area contributed by atoms with Crippen molar-refractivity contribution in [2.45, 2.75) is 49.9 Å². The maximum atomic E-state index is 9.09. The van der Waals surface area contributed by atoms with Crippen LogP contribution in [-0.2, 0) is 0 Å². The third kappa shape index (κ3) is 4.67. The van der Waals surface area contributed by atoms with E-state index in [4.69, 9.17) is 5.26 Å². The number of pyridine rings is 1. The van der Waals surface area contributed by atoms with Gasteiger partial charge in [0.25, 0.3) is 0 Å². The zero-order valence-electron chi connectivity index (χ0n) is 11.4. The fraction of sp³-hybridized carbons (Fsp3) is 0.571. The first kappa shape index (κ1) is 15.0. The maximum absolute atomic E-state index is 9.09. The summed E-state index contributed by atoms with van der Waals surface area (Å²) in [4.78, 5) is 4.46. The fourth-order valence-electron chi connectivity index (χ4n) is 1.68. The Balaban J connectivity index is 2.69. The average Bonchev–Trinajstić information content (AvgIpc) is 2.38. The lowest BCUT2D eigenvalue weighted by Gasteiger charge is -2.15. The van der Waals surface area contributed by atoms with Crippen LogP contribution in [0.3, 0.4) is 0 Å². The van der Waals surface area contributed by atoms with E-state index < -0.39 is 0 Å². The second kappa shape index (κ2) is 8.12. The molecular weight excluding hydrogens is 242 g/mol. The molecule has 1 rings (SSSR count). The smallest absolute Gasteiger partial charge is 0.116 e. The van der Waals surface area contributed by atoms with Gasteiger partial charge in [-0.3, -0.25) is 0 Å². The Bertz CT molecular complexity index is 412. The Morgan fingerprint density at radius 3 is 2.83 bits per heavy atom. The molecule has 0 saturated carbocycles. The lowest BCUT2D eigenvalue weighted by atomic mass is 10.2. The van der Waals surface area contributed by atoms with Gasteiger partial charge in [-0.15, -0.1) is 0 Å². The number of thioether (sulfide) groups is 1. The molecule has 1 atom stereocenters. The van der Waals surface area contributed by atoms with E-state index in [1.165, 1.54) is 19.3 Å². The average molecular weight is 263 g/mol. The molecule has 1 unspecified atom stereocenters. The number of nitrogens with zero attached hydrogens (tertiary/aromatic N) is 2. The van der Waals surface area contributed by atoms with Gasteiger partial charge in [0.05, 0.1) is 10.9 Å². The Hall–Kier alpha value is -1.05. The van der Waals surface area contributed by atoms with Gasteiger partial charge in [-0.1, -0.05) is 37.9 Å². The van der Waals surface area contributed by atoms with Gasteiger partial charge in [-0.25, -0.2) is 4.98 Å². The molecule has 0 spiro atoms. The summed E-state index contributed by atoms with van der Waals surface area (Å²) in [6.07, 6.45) is 4.80. The van der Waals surface area contributed by atoms with E-state index in [9.17, 15) is 0 Å². The Kier molecular flexibility index (Phi) is 6.77. The predicted molar refractivity (Wildman–Crippen MR) is 76.5 cm³/mol. The van der Waals surface area contributed by atoms with E-state index in [0.717, 1.165) is 17.1 Å². The normalized spacial score (nSPS) is 12.1. The summed E-state index contributed by atoms with van der Waals surface area (Å²) in [5.41, 5.74) is 1.63. The maximum Gasteiger partial charge on any atom is 0.116 e. The van der Waals surface area contributed by atoms with Crippen LogP contribution in [-0.4, -0.2) is 17.4 Å². The van der Waals surface area contributed by atoms with Gasteiger partial charge in [0.15, 0.2) is 0 Å². The van der Waals surface area contributed by atoms with E-state index in [2.05, 4.69) is 23.3 Å². The molecule has 1 N–H and O–H groups in total. The molecule has 0 aliphatic rings. The lowest BCUT2D eigenvalue weighted by Crippen LogP contribution is -2.21. The largest absolute Gasteiger partial charge is 0.308 e. The first-order valence-electron chi connectivity index (χ1n) is 6.43. The Morgan fingerprint density at radius 2 is 2.22 bits per heavy atom. The number of hydrogen-bond donors (Lipinski definition) is 1. The first-order chi connectivity index (χ1) is 8.71. The van der Waals surface area contributed by atoms with Crippen molar-refractivity contribution in [3.8, 4) is 6.07 Å². The highest BCUT2D eigenvalue weighted by Crippen LogP contribution is 2.26. The van der Waals surface area contributed by atoms with Gasteiger partial charge in [-0.05, 0) is 32.5 Å². The van der Waals surface area contributed by atoms with Crippen molar-refractivity contribution >= 4 is 11.8 Å². The molecule has 18 heavy (non-hydrogen) atoms. The summed E-state index contributed by atoms with van der Waals surface area (Å²) in [7, 11) is 1.96. The third-order valence-electron chi connectivity index (χ3n) is 2.77. The summed E-state index contributed by atoms with van der Waals surface area (Å²) < 4.78 is 0. The molecule has 0 bridgehead atoms. The number of aryl methyl sites for hydroxylation is 1. The monoisotopic (exact) mass is 263 g/mol. The molecule has 0 saturated heterocycles. The Labute approximate surface area is 114 Å². The van der Waals surface area contributed by atoms with E-state index in [-0.39, 0.29) is 0 Å². The molecule has 1 aromatic rings. The molecule has 0 aliphatic carbocycles. The van der Waals surface area contributed by atoms with Crippen LogP contribution in [0.4, 0.5) is 0 Å². The van der Waals surface area contributed by atoms with Crippen LogP contribution >= 0.6 is 11.8 Å². The van der Waals surface area contributed by atoms with Gasteiger partial charge in [0.1, 0.15) is 11.1 Å². The van der Waals surface area contributed by atoms with Crippen LogP contribution in [0.15, 0.2) is 17.2 Å². The molecule has 1 aromatic heterocycles. The molecule has 1 heterocycles. The molecule has 0 amide bonds. The van der Waals surface area contributed by atoms with Crippen molar-refractivity contribution in [3.63, 3.8) is 0 Å². The van der Waals surface area contributed by atoms with Crippen LogP contribution in [0.2, 0.25) is 0 Å². The van der Waals surface area contributed by atoms with Crippen LogP contribution < -0.4 is 5.32 Å². The molecule has 3 nitrogen and oxygen atoms in total.